The molecule has 0 saturated heterocycles. The molecule has 0 aliphatic rings. The number of hydrogen-bond donors (Lipinski definition) is 0. The van der Waals surface area contributed by atoms with E-state index in [-0.39, 0.29) is 0 Å². The minimum absolute atomic E-state index is 0.344. The standard InChI is InChI=1S/C19H16F3NO2S/c1-12-17(11-25-16-9-7-15(24-2)8-10-16)26-18(23-12)13-3-5-14(6-4-13)19(20,21)22/h3-10H,11H2,1-2H3. The summed E-state index contributed by atoms with van der Waals surface area (Å²) in [5.41, 5.74) is 0.790. The van der Waals surface area contributed by atoms with Gasteiger partial charge in [-0.15, -0.1) is 11.3 Å². The molecule has 3 nitrogen and oxygen atoms in total. The minimum atomic E-state index is -4.34. The highest BCUT2D eigenvalue weighted by Gasteiger charge is 2.30. The molecule has 1 heterocycles. The van der Waals surface area contributed by atoms with E-state index in [1.807, 2.05) is 31.2 Å². The molecule has 0 aliphatic carbocycles. The lowest BCUT2D eigenvalue weighted by Gasteiger charge is -2.06. The van der Waals surface area contributed by atoms with Crippen LogP contribution < -0.4 is 9.47 Å². The molecular formula is C19H16F3NO2S. The molecule has 0 aliphatic heterocycles. The number of hydrogen-bond acceptors (Lipinski definition) is 4. The van der Waals surface area contributed by atoms with Gasteiger partial charge in [0.25, 0.3) is 0 Å². The number of aromatic nitrogens is 1. The van der Waals surface area contributed by atoms with Gasteiger partial charge in [-0.2, -0.15) is 13.2 Å². The third-order valence-corrected chi connectivity index (χ3v) is 4.96. The van der Waals surface area contributed by atoms with Crippen LogP contribution in [0.5, 0.6) is 11.5 Å². The summed E-state index contributed by atoms with van der Waals surface area (Å²) in [6, 6.07) is 12.3. The van der Waals surface area contributed by atoms with E-state index >= 15 is 0 Å². The Morgan fingerprint density at radius 1 is 0.962 bits per heavy atom. The molecule has 26 heavy (non-hydrogen) atoms. The Labute approximate surface area is 153 Å². The summed E-state index contributed by atoms with van der Waals surface area (Å²) in [5.74, 6) is 1.45. The Bertz CT molecular complexity index is 871. The number of aryl methyl sites for hydroxylation is 1. The van der Waals surface area contributed by atoms with Crippen molar-refractivity contribution < 1.29 is 22.6 Å². The number of alkyl halides is 3. The van der Waals surface area contributed by atoms with Gasteiger partial charge in [-0.25, -0.2) is 4.98 Å². The van der Waals surface area contributed by atoms with Crippen molar-refractivity contribution in [2.45, 2.75) is 19.7 Å². The van der Waals surface area contributed by atoms with E-state index in [1.54, 1.807) is 7.11 Å². The zero-order valence-electron chi connectivity index (χ0n) is 14.1. The van der Waals surface area contributed by atoms with Crippen molar-refractivity contribution in [2.24, 2.45) is 0 Å². The lowest BCUT2D eigenvalue weighted by atomic mass is 10.1. The van der Waals surface area contributed by atoms with Crippen LogP contribution in [0.1, 0.15) is 16.1 Å². The predicted octanol–water partition coefficient (Wildman–Crippen LogP) is 5.72. The quantitative estimate of drug-likeness (QED) is 0.568. The Morgan fingerprint density at radius 3 is 2.15 bits per heavy atom. The van der Waals surface area contributed by atoms with Crippen molar-refractivity contribution in [3.63, 3.8) is 0 Å². The number of rotatable bonds is 5. The molecule has 0 fully saturated rings. The summed E-state index contributed by atoms with van der Waals surface area (Å²) < 4.78 is 48.8. The molecule has 3 rings (SSSR count). The van der Waals surface area contributed by atoms with Crippen LogP contribution in [0.3, 0.4) is 0 Å². The Hall–Kier alpha value is -2.54. The summed E-state index contributed by atoms with van der Waals surface area (Å²) >= 11 is 1.41. The first-order valence-corrected chi connectivity index (χ1v) is 8.59. The number of nitrogens with zero attached hydrogens (tertiary/aromatic N) is 1. The van der Waals surface area contributed by atoms with Crippen molar-refractivity contribution in [1.29, 1.82) is 0 Å². The predicted molar refractivity (Wildman–Crippen MR) is 94.6 cm³/mol. The fourth-order valence-electron chi connectivity index (χ4n) is 2.31. The molecule has 0 amide bonds. The summed E-state index contributed by atoms with van der Waals surface area (Å²) in [4.78, 5) is 5.38. The highest BCUT2D eigenvalue weighted by molar-refractivity contribution is 7.15. The van der Waals surface area contributed by atoms with Crippen LogP contribution in [0.15, 0.2) is 48.5 Å². The van der Waals surface area contributed by atoms with Gasteiger partial charge in [-0.3, -0.25) is 0 Å². The van der Waals surface area contributed by atoms with Crippen LogP contribution in [0.25, 0.3) is 10.6 Å². The molecule has 2 aromatic carbocycles. The van der Waals surface area contributed by atoms with E-state index < -0.39 is 11.7 Å². The van der Waals surface area contributed by atoms with E-state index in [0.717, 1.165) is 28.5 Å². The first-order chi connectivity index (χ1) is 12.4. The van der Waals surface area contributed by atoms with Crippen molar-refractivity contribution in [3.05, 3.63) is 64.7 Å². The summed E-state index contributed by atoms with van der Waals surface area (Å²) in [6.45, 7) is 2.20. The fraction of sp³-hybridized carbons (Fsp3) is 0.211. The Kier molecular flexibility index (Phi) is 5.18. The summed E-state index contributed by atoms with van der Waals surface area (Å²) in [5, 5.41) is 0.671. The smallest absolute Gasteiger partial charge is 0.416 e. The monoisotopic (exact) mass is 379 g/mol. The third kappa shape index (κ3) is 4.16. The molecule has 0 spiro atoms. The largest absolute Gasteiger partial charge is 0.497 e. The highest BCUT2D eigenvalue weighted by Crippen LogP contribution is 2.33. The van der Waals surface area contributed by atoms with Gasteiger partial charge in [-0.05, 0) is 43.3 Å². The zero-order chi connectivity index (χ0) is 18.7. The van der Waals surface area contributed by atoms with Crippen molar-refractivity contribution in [3.8, 4) is 22.1 Å². The van der Waals surface area contributed by atoms with Gasteiger partial charge >= 0.3 is 6.18 Å². The molecule has 0 N–H and O–H groups in total. The summed E-state index contributed by atoms with van der Waals surface area (Å²) in [7, 11) is 1.60. The molecule has 7 heteroatoms. The Balaban J connectivity index is 1.72. The fourth-order valence-corrected chi connectivity index (χ4v) is 3.29. The second-order valence-corrected chi connectivity index (χ2v) is 6.65. The van der Waals surface area contributed by atoms with Crippen LogP contribution in [-0.4, -0.2) is 12.1 Å². The second kappa shape index (κ2) is 7.37. The molecule has 0 saturated carbocycles. The number of benzene rings is 2. The van der Waals surface area contributed by atoms with Crippen LogP contribution in [0.2, 0.25) is 0 Å². The van der Waals surface area contributed by atoms with Crippen LogP contribution in [0.4, 0.5) is 13.2 Å². The summed E-state index contributed by atoms with van der Waals surface area (Å²) in [6.07, 6.45) is -4.34. The highest BCUT2D eigenvalue weighted by atomic mass is 32.1. The van der Waals surface area contributed by atoms with Gasteiger partial charge < -0.3 is 9.47 Å². The second-order valence-electron chi connectivity index (χ2n) is 5.57. The van der Waals surface area contributed by atoms with Gasteiger partial charge in [-0.1, -0.05) is 12.1 Å². The number of thiazole rings is 1. The average molecular weight is 379 g/mol. The van der Waals surface area contributed by atoms with Gasteiger partial charge in [0.15, 0.2) is 0 Å². The van der Waals surface area contributed by atoms with E-state index in [2.05, 4.69) is 4.98 Å². The average Bonchev–Trinajstić information content (AvgIpc) is 3.00. The number of methoxy groups -OCH3 is 1. The lowest BCUT2D eigenvalue weighted by molar-refractivity contribution is -0.137. The Morgan fingerprint density at radius 2 is 1.58 bits per heavy atom. The molecule has 136 valence electrons. The van der Waals surface area contributed by atoms with Gasteiger partial charge in [0.05, 0.1) is 23.2 Å². The third-order valence-electron chi connectivity index (χ3n) is 3.78. The molecule has 0 unspecified atom stereocenters. The number of ether oxygens (including phenoxy) is 2. The molecule has 1 aromatic heterocycles. The van der Waals surface area contributed by atoms with Gasteiger partial charge in [0, 0.05) is 5.56 Å². The molecule has 3 aromatic rings. The maximum absolute atomic E-state index is 12.7. The molecule has 0 atom stereocenters. The maximum atomic E-state index is 12.7. The molecule has 0 radical (unpaired) electrons. The van der Waals surface area contributed by atoms with Crippen LogP contribution >= 0.6 is 11.3 Å². The van der Waals surface area contributed by atoms with E-state index in [9.17, 15) is 13.2 Å². The van der Waals surface area contributed by atoms with Gasteiger partial charge in [0.2, 0.25) is 0 Å². The maximum Gasteiger partial charge on any atom is 0.416 e. The molecular weight excluding hydrogens is 363 g/mol. The van der Waals surface area contributed by atoms with Crippen molar-refractivity contribution in [2.75, 3.05) is 7.11 Å². The minimum Gasteiger partial charge on any atom is -0.497 e. The van der Waals surface area contributed by atoms with Crippen molar-refractivity contribution in [1.82, 2.24) is 4.98 Å². The normalized spacial score (nSPS) is 11.4. The lowest BCUT2D eigenvalue weighted by Crippen LogP contribution is -2.03. The topological polar surface area (TPSA) is 31.4 Å². The number of halogens is 3. The first-order valence-electron chi connectivity index (χ1n) is 7.77. The van der Waals surface area contributed by atoms with E-state index in [0.29, 0.717) is 22.9 Å². The van der Waals surface area contributed by atoms with E-state index in [1.165, 1.54) is 23.5 Å². The zero-order valence-corrected chi connectivity index (χ0v) is 14.9. The first kappa shape index (κ1) is 18.3. The molecule has 0 bridgehead atoms. The van der Waals surface area contributed by atoms with Crippen molar-refractivity contribution >= 4 is 11.3 Å². The van der Waals surface area contributed by atoms with Gasteiger partial charge in [0.1, 0.15) is 23.1 Å². The van der Waals surface area contributed by atoms with E-state index in [4.69, 9.17) is 9.47 Å². The van der Waals surface area contributed by atoms with Crippen LogP contribution in [-0.2, 0) is 12.8 Å². The van der Waals surface area contributed by atoms with Crippen LogP contribution in [0, 0.1) is 6.92 Å². The SMILES string of the molecule is COc1ccc(OCc2sc(-c3ccc(C(F)(F)F)cc3)nc2C)cc1.